The molecule has 0 heterocycles. The fourth-order valence-electron chi connectivity index (χ4n) is 1.13. The molecule has 0 aliphatic heterocycles. The second-order valence-corrected chi connectivity index (χ2v) is 3.57. The third kappa shape index (κ3) is 2.37. The van der Waals surface area contributed by atoms with Crippen molar-refractivity contribution in [1.82, 2.24) is 0 Å². The lowest BCUT2D eigenvalue weighted by Gasteiger charge is -2.11. The molecule has 3 heteroatoms. The number of methoxy groups -OCH3 is 1. The molecule has 0 aromatic heterocycles. The Kier molecular flexibility index (Phi) is 3.60. The maximum atomic E-state index is 5.44. The van der Waals surface area contributed by atoms with Crippen molar-refractivity contribution in [2.24, 2.45) is 0 Å². The predicted octanol–water partition coefficient (Wildman–Crippen LogP) is 3.16. The maximum absolute atomic E-state index is 5.44. The average Bonchev–Trinajstić information content (AvgIpc) is 2.09. The first kappa shape index (κ1) is 10.4. The highest BCUT2D eigenvalue weighted by Crippen LogP contribution is 2.36. The highest BCUT2D eigenvalue weighted by molar-refractivity contribution is 9.10. The fourth-order valence-corrected chi connectivity index (χ4v) is 1.80. The molecule has 0 unspecified atom stereocenters. The minimum Gasteiger partial charge on any atom is -0.493 e. The number of rotatable bonds is 3. The van der Waals surface area contributed by atoms with Crippen LogP contribution in [0, 0.1) is 6.92 Å². The van der Waals surface area contributed by atoms with E-state index in [4.69, 9.17) is 9.47 Å². The molecule has 0 fully saturated rings. The van der Waals surface area contributed by atoms with Crippen molar-refractivity contribution in [1.29, 1.82) is 0 Å². The Morgan fingerprint density at radius 3 is 2.62 bits per heavy atom. The monoisotopic (exact) mass is 244 g/mol. The highest BCUT2D eigenvalue weighted by atomic mass is 79.9. The topological polar surface area (TPSA) is 18.5 Å². The van der Waals surface area contributed by atoms with Crippen LogP contribution in [0.1, 0.15) is 12.5 Å². The standard InChI is InChI=1S/C10H13BrO2/c1-4-13-10-8(11)5-7(2)6-9(10)12-3/h5-6H,4H2,1-3H3. The molecule has 13 heavy (non-hydrogen) atoms. The fraction of sp³-hybridized carbons (Fsp3) is 0.400. The van der Waals surface area contributed by atoms with Crippen molar-refractivity contribution in [2.45, 2.75) is 13.8 Å². The zero-order valence-corrected chi connectivity index (χ0v) is 9.64. The van der Waals surface area contributed by atoms with Crippen LogP contribution in [-0.2, 0) is 0 Å². The number of hydrogen-bond donors (Lipinski definition) is 0. The number of hydrogen-bond acceptors (Lipinski definition) is 2. The highest BCUT2D eigenvalue weighted by Gasteiger charge is 2.08. The Morgan fingerprint density at radius 2 is 2.08 bits per heavy atom. The minimum absolute atomic E-state index is 0.637. The van der Waals surface area contributed by atoms with E-state index < -0.39 is 0 Å². The molecule has 1 aromatic rings. The van der Waals surface area contributed by atoms with Crippen LogP contribution < -0.4 is 9.47 Å². The lowest BCUT2D eigenvalue weighted by Crippen LogP contribution is -1.96. The van der Waals surface area contributed by atoms with E-state index in [9.17, 15) is 0 Å². The minimum atomic E-state index is 0.637. The van der Waals surface area contributed by atoms with E-state index in [0.717, 1.165) is 21.5 Å². The summed E-state index contributed by atoms with van der Waals surface area (Å²) in [5.41, 5.74) is 1.15. The Bertz CT molecular complexity index is 297. The van der Waals surface area contributed by atoms with E-state index >= 15 is 0 Å². The van der Waals surface area contributed by atoms with E-state index in [1.54, 1.807) is 7.11 Å². The van der Waals surface area contributed by atoms with E-state index in [1.165, 1.54) is 0 Å². The van der Waals surface area contributed by atoms with Crippen LogP contribution in [0.4, 0.5) is 0 Å². The van der Waals surface area contributed by atoms with Crippen LogP contribution in [0.5, 0.6) is 11.5 Å². The normalized spacial score (nSPS) is 9.85. The number of benzene rings is 1. The Balaban J connectivity index is 3.13. The van der Waals surface area contributed by atoms with Crippen LogP contribution in [0.25, 0.3) is 0 Å². The Hall–Kier alpha value is -0.700. The van der Waals surface area contributed by atoms with E-state index in [-0.39, 0.29) is 0 Å². The number of aryl methyl sites for hydroxylation is 1. The zero-order valence-electron chi connectivity index (χ0n) is 8.06. The molecule has 1 aromatic carbocycles. The molecule has 2 nitrogen and oxygen atoms in total. The van der Waals surface area contributed by atoms with Gasteiger partial charge in [-0.15, -0.1) is 0 Å². The molecule has 0 amide bonds. The summed E-state index contributed by atoms with van der Waals surface area (Å²) >= 11 is 3.43. The van der Waals surface area contributed by atoms with Gasteiger partial charge in [0, 0.05) is 0 Å². The molecule has 0 N–H and O–H groups in total. The quantitative estimate of drug-likeness (QED) is 0.814. The van der Waals surface area contributed by atoms with E-state index in [1.807, 2.05) is 26.0 Å². The molecular weight excluding hydrogens is 232 g/mol. The summed E-state index contributed by atoms with van der Waals surface area (Å²) in [5.74, 6) is 1.55. The lowest BCUT2D eigenvalue weighted by atomic mass is 10.2. The summed E-state index contributed by atoms with van der Waals surface area (Å²) in [6.45, 7) is 4.60. The largest absolute Gasteiger partial charge is 0.493 e. The van der Waals surface area contributed by atoms with E-state index in [0.29, 0.717) is 6.61 Å². The van der Waals surface area contributed by atoms with Gasteiger partial charge in [-0.3, -0.25) is 0 Å². The molecule has 0 radical (unpaired) electrons. The van der Waals surface area contributed by atoms with Gasteiger partial charge >= 0.3 is 0 Å². The zero-order chi connectivity index (χ0) is 9.84. The third-order valence-corrected chi connectivity index (χ3v) is 2.25. The molecule has 0 atom stereocenters. The van der Waals surface area contributed by atoms with Gasteiger partial charge < -0.3 is 9.47 Å². The molecule has 0 spiro atoms. The molecule has 0 aliphatic carbocycles. The van der Waals surface area contributed by atoms with Gasteiger partial charge in [-0.05, 0) is 47.5 Å². The van der Waals surface area contributed by atoms with Crippen LogP contribution in [-0.4, -0.2) is 13.7 Å². The number of halogens is 1. The molecular formula is C10H13BrO2. The third-order valence-electron chi connectivity index (χ3n) is 1.66. The SMILES string of the molecule is CCOc1c(Br)cc(C)cc1OC. The first-order valence-corrected chi connectivity index (χ1v) is 4.95. The van der Waals surface area contributed by atoms with Crippen LogP contribution in [0.2, 0.25) is 0 Å². The van der Waals surface area contributed by atoms with E-state index in [2.05, 4.69) is 15.9 Å². The van der Waals surface area contributed by atoms with Crippen molar-refractivity contribution in [3.8, 4) is 11.5 Å². The van der Waals surface area contributed by atoms with Crippen molar-refractivity contribution in [2.75, 3.05) is 13.7 Å². The van der Waals surface area contributed by atoms with Gasteiger partial charge in [0.25, 0.3) is 0 Å². The van der Waals surface area contributed by atoms with Crippen LogP contribution >= 0.6 is 15.9 Å². The Morgan fingerprint density at radius 1 is 1.38 bits per heavy atom. The van der Waals surface area contributed by atoms with Crippen molar-refractivity contribution < 1.29 is 9.47 Å². The molecule has 0 saturated carbocycles. The summed E-state index contributed by atoms with van der Waals surface area (Å²) in [6, 6.07) is 3.96. The van der Waals surface area contributed by atoms with Crippen LogP contribution in [0.15, 0.2) is 16.6 Å². The summed E-state index contributed by atoms with van der Waals surface area (Å²) in [7, 11) is 1.64. The van der Waals surface area contributed by atoms with Crippen molar-refractivity contribution in [3.05, 3.63) is 22.2 Å². The predicted molar refractivity (Wildman–Crippen MR) is 56.6 cm³/mol. The van der Waals surface area contributed by atoms with Gasteiger partial charge in [-0.2, -0.15) is 0 Å². The number of ether oxygens (including phenoxy) is 2. The molecule has 0 saturated heterocycles. The van der Waals surface area contributed by atoms with Gasteiger partial charge in [0.1, 0.15) is 0 Å². The molecule has 0 bridgehead atoms. The molecule has 0 aliphatic rings. The van der Waals surface area contributed by atoms with Gasteiger partial charge in [0.2, 0.25) is 0 Å². The maximum Gasteiger partial charge on any atom is 0.175 e. The van der Waals surface area contributed by atoms with Crippen LogP contribution in [0.3, 0.4) is 0 Å². The van der Waals surface area contributed by atoms with Crippen molar-refractivity contribution >= 4 is 15.9 Å². The van der Waals surface area contributed by atoms with Gasteiger partial charge in [-0.1, -0.05) is 0 Å². The average molecular weight is 245 g/mol. The summed E-state index contributed by atoms with van der Waals surface area (Å²) in [4.78, 5) is 0. The molecule has 72 valence electrons. The Labute approximate surface area is 87.0 Å². The first-order valence-electron chi connectivity index (χ1n) is 4.16. The lowest BCUT2D eigenvalue weighted by molar-refractivity contribution is 0.309. The summed E-state index contributed by atoms with van der Waals surface area (Å²) in [5, 5.41) is 0. The first-order chi connectivity index (χ1) is 6.19. The smallest absolute Gasteiger partial charge is 0.175 e. The summed E-state index contributed by atoms with van der Waals surface area (Å²) < 4.78 is 11.6. The van der Waals surface area contributed by atoms with Gasteiger partial charge in [0.15, 0.2) is 11.5 Å². The summed E-state index contributed by atoms with van der Waals surface area (Å²) in [6.07, 6.45) is 0. The van der Waals surface area contributed by atoms with Gasteiger partial charge in [0.05, 0.1) is 18.2 Å². The second kappa shape index (κ2) is 4.51. The van der Waals surface area contributed by atoms with Crippen molar-refractivity contribution in [3.63, 3.8) is 0 Å². The molecule has 1 rings (SSSR count). The second-order valence-electron chi connectivity index (χ2n) is 2.71. The van der Waals surface area contributed by atoms with Gasteiger partial charge in [-0.25, -0.2) is 0 Å².